The molecule has 1 saturated heterocycles. The quantitative estimate of drug-likeness (QED) is 0.868. The summed E-state index contributed by atoms with van der Waals surface area (Å²) in [6.07, 6.45) is 6.20. The van der Waals surface area contributed by atoms with Gasteiger partial charge in [0, 0.05) is 18.8 Å². The normalized spacial score (nSPS) is 24.8. The summed E-state index contributed by atoms with van der Waals surface area (Å²) in [5.74, 6) is 1.41. The maximum absolute atomic E-state index is 12.4. The van der Waals surface area contributed by atoms with Crippen molar-refractivity contribution in [3.63, 3.8) is 0 Å². The van der Waals surface area contributed by atoms with Crippen molar-refractivity contribution in [3.8, 4) is 0 Å². The molecule has 0 spiro atoms. The van der Waals surface area contributed by atoms with Gasteiger partial charge in [0.25, 0.3) is 0 Å². The SMILES string of the molecule is NS(=O)(=O)c1ccc(NC(=O)N2CC[C@H]3CCCC[C@H]3C2)cc1. The smallest absolute Gasteiger partial charge is 0.321 e. The van der Waals surface area contributed by atoms with Crippen molar-refractivity contribution in [2.24, 2.45) is 17.0 Å². The highest BCUT2D eigenvalue weighted by Gasteiger charge is 2.32. The molecule has 1 saturated carbocycles. The van der Waals surface area contributed by atoms with Crippen molar-refractivity contribution in [1.29, 1.82) is 0 Å². The number of nitrogens with zero attached hydrogens (tertiary/aromatic N) is 1. The fourth-order valence-electron chi connectivity index (χ4n) is 3.72. The van der Waals surface area contributed by atoms with Gasteiger partial charge in [-0.25, -0.2) is 18.4 Å². The van der Waals surface area contributed by atoms with Gasteiger partial charge >= 0.3 is 6.03 Å². The Bertz CT molecular complexity index is 672. The lowest BCUT2D eigenvalue weighted by Gasteiger charge is -2.41. The molecular weight excluding hydrogens is 314 g/mol. The van der Waals surface area contributed by atoms with Crippen LogP contribution < -0.4 is 10.5 Å². The number of nitrogens with one attached hydrogen (secondary N) is 1. The molecule has 1 aliphatic heterocycles. The van der Waals surface area contributed by atoms with Crippen LogP contribution in [0.2, 0.25) is 0 Å². The fraction of sp³-hybridized carbons (Fsp3) is 0.562. The summed E-state index contributed by atoms with van der Waals surface area (Å²) < 4.78 is 22.5. The highest BCUT2D eigenvalue weighted by Crippen LogP contribution is 2.36. The molecule has 2 aliphatic rings. The topological polar surface area (TPSA) is 92.5 Å². The van der Waals surface area contributed by atoms with Gasteiger partial charge in [-0.15, -0.1) is 0 Å². The monoisotopic (exact) mass is 337 g/mol. The molecule has 0 radical (unpaired) electrons. The first kappa shape index (κ1) is 16.3. The van der Waals surface area contributed by atoms with Crippen LogP contribution in [0.5, 0.6) is 0 Å². The number of primary sulfonamides is 1. The van der Waals surface area contributed by atoms with E-state index in [0.717, 1.165) is 25.4 Å². The average Bonchev–Trinajstić information content (AvgIpc) is 2.54. The van der Waals surface area contributed by atoms with Crippen molar-refractivity contribution in [2.75, 3.05) is 18.4 Å². The molecule has 3 N–H and O–H groups in total. The molecule has 0 aromatic heterocycles. The van der Waals surface area contributed by atoms with Crippen LogP contribution in [-0.2, 0) is 10.0 Å². The van der Waals surface area contributed by atoms with Crippen molar-refractivity contribution < 1.29 is 13.2 Å². The lowest BCUT2D eigenvalue weighted by atomic mass is 9.75. The number of piperidine rings is 1. The minimum Gasteiger partial charge on any atom is -0.324 e. The molecule has 1 aliphatic carbocycles. The predicted molar refractivity (Wildman–Crippen MR) is 88.5 cm³/mol. The summed E-state index contributed by atoms with van der Waals surface area (Å²) in [4.78, 5) is 14.3. The standard InChI is InChI=1S/C16H23N3O3S/c17-23(21,22)15-7-5-14(6-8-15)18-16(20)19-10-9-12-3-1-2-4-13(12)11-19/h5-8,12-13H,1-4,9-11H2,(H,18,20)(H2,17,21,22)/t12-,13+/m1/s1. The molecule has 7 heteroatoms. The van der Waals surface area contributed by atoms with Crippen LogP contribution in [-0.4, -0.2) is 32.4 Å². The summed E-state index contributed by atoms with van der Waals surface area (Å²) in [5, 5.41) is 7.90. The van der Waals surface area contributed by atoms with Gasteiger partial charge in [-0.05, 0) is 48.9 Å². The lowest BCUT2D eigenvalue weighted by molar-refractivity contribution is 0.108. The molecule has 1 aromatic carbocycles. The molecule has 2 atom stereocenters. The van der Waals surface area contributed by atoms with Crippen LogP contribution in [0.4, 0.5) is 10.5 Å². The molecule has 1 heterocycles. The summed E-state index contributed by atoms with van der Waals surface area (Å²) >= 11 is 0. The third kappa shape index (κ3) is 3.84. The zero-order chi connectivity index (χ0) is 16.4. The van der Waals surface area contributed by atoms with Crippen LogP contribution in [0.25, 0.3) is 0 Å². The number of fused-ring (bicyclic) bond motifs is 1. The molecule has 6 nitrogen and oxygen atoms in total. The second-order valence-corrected chi connectivity index (χ2v) is 8.10. The minimum absolute atomic E-state index is 0.0403. The molecule has 3 rings (SSSR count). The van der Waals surface area contributed by atoms with E-state index in [0.29, 0.717) is 11.6 Å². The Labute approximate surface area is 137 Å². The van der Waals surface area contributed by atoms with Gasteiger partial charge in [0.2, 0.25) is 10.0 Å². The van der Waals surface area contributed by atoms with E-state index in [1.54, 1.807) is 12.1 Å². The summed E-state index contributed by atoms with van der Waals surface area (Å²) in [6, 6.07) is 5.81. The van der Waals surface area contributed by atoms with E-state index in [1.165, 1.54) is 37.8 Å². The lowest BCUT2D eigenvalue weighted by Crippen LogP contribution is -2.46. The first-order valence-corrected chi connectivity index (χ1v) is 9.67. The van der Waals surface area contributed by atoms with E-state index in [-0.39, 0.29) is 10.9 Å². The number of urea groups is 1. The number of hydrogen-bond acceptors (Lipinski definition) is 3. The van der Waals surface area contributed by atoms with Gasteiger partial charge in [0.1, 0.15) is 0 Å². The Morgan fingerprint density at radius 3 is 2.39 bits per heavy atom. The molecule has 23 heavy (non-hydrogen) atoms. The van der Waals surface area contributed by atoms with E-state index >= 15 is 0 Å². The van der Waals surface area contributed by atoms with Gasteiger partial charge in [-0.1, -0.05) is 19.3 Å². The number of carbonyl (C=O) groups is 1. The number of hydrogen-bond donors (Lipinski definition) is 2. The van der Waals surface area contributed by atoms with Gasteiger partial charge in [0.05, 0.1) is 4.90 Å². The minimum atomic E-state index is -3.70. The van der Waals surface area contributed by atoms with Gasteiger partial charge in [-0.3, -0.25) is 0 Å². The highest BCUT2D eigenvalue weighted by molar-refractivity contribution is 7.89. The molecule has 1 aromatic rings. The van der Waals surface area contributed by atoms with E-state index < -0.39 is 10.0 Å². The largest absolute Gasteiger partial charge is 0.324 e. The van der Waals surface area contributed by atoms with Gasteiger partial charge < -0.3 is 10.2 Å². The Morgan fingerprint density at radius 1 is 1.09 bits per heavy atom. The van der Waals surface area contributed by atoms with Crippen LogP contribution in [0.3, 0.4) is 0 Å². The Kier molecular flexibility index (Phi) is 4.59. The van der Waals surface area contributed by atoms with Crippen LogP contribution in [0.15, 0.2) is 29.2 Å². The van der Waals surface area contributed by atoms with Crippen LogP contribution in [0, 0.1) is 11.8 Å². The summed E-state index contributed by atoms with van der Waals surface area (Å²) in [6.45, 7) is 1.62. The van der Waals surface area contributed by atoms with E-state index in [2.05, 4.69) is 5.32 Å². The summed E-state index contributed by atoms with van der Waals surface area (Å²) in [5.41, 5.74) is 0.577. The zero-order valence-electron chi connectivity index (χ0n) is 13.1. The average molecular weight is 337 g/mol. The van der Waals surface area contributed by atoms with E-state index in [9.17, 15) is 13.2 Å². The van der Waals surface area contributed by atoms with Crippen LogP contribution >= 0.6 is 0 Å². The maximum Gasteiger partial charge on any atom is 0.321 e. The fourth-order valence-corrected chi connectivity index (χ4v) is 4.23. The first-order chi connectivity index (χ1) is 10.9. The number of anilines is 1. The van der Waals surface area contributed by atoms with Crippen LogP contribution in [0.1, 0.15) is 32.1 Å². The number of nitrogens with two attached hydrogens (primary N) is 1. The second-order valence-electron chi connectivity index (χ2n) is 6.54. The predicted octanol–water partition coefficient (Wildman–Crippen LogP) is 2.38. The Morgan fingerprint density at radius 2 is 1.74 bits per heavy atom. The maximum atomic E-state index is 12.4. The van der Waals surface area contributed by atoms with Crippen molar-refractivity contribution >= 4 is 21.7 Å². The van der Waals surface area contributed by atoms with Gasteiger partial charge in [0.15, 0.2) is 0 Å². The second kappa shape index (κ2) is 6.49. The number of benzene rings is 1. The first-order valence-electron chi connectivity index (χ1n) is 8.12. The molecule has 0 bridgehead atoms. The van der Waals surface area contributed by atoms with E-state index in [4.69, 9.17) is 5.14 Å². The number of carbonyl (C=O) groups excluding carboxylic acids is 1. The van der Waals surface area contributed by atoms with Crippen molar-refractivity contribution in [2.45, 2.75) is 37.0 Å². The van der Waals surface area contributed by atoms with Crippen molar-refractivity contribution in [1.82, 2.24) is 4.90 Å². The Hall–Kier alpha value is -1.60. The van der Waals surface area contributed by atoms with Crippen molar-refractivity contribution in [3.05, 3.63) is 24.3 Å². The summed E-state index contributed by atoms with van der Waals surface area (Å²) in [7, 11) is -3.70. The number of amides is 2. The van der Waals surface area contributed by atoms with Gasteiger partial charge in [-0.2, -0.15) is 0 Å². The highest BCUT2D eigenvalue weighted by atomic mass is 32.2. The van der Waals surface area contributed by atoms with E-state index in [1.807, 2.05) is 4.90 Å². The zero-order valence-corrected chi connectivity index (χ0v) is 13.9. The molecule has 0 unspecified atom stereocenters. The third-order valence-electron chi connectivity index (χ3n) is 5.01. The molecule has 2 amide bonds. The number of sulfonamides is 1. The number of rotatable bonds is 2. The third-order valence-corrected chi connectivity index (χ3v) is 5.94. The number of likely N-dealkylation sites (tertiary alicyclic amines) is 1. The molecular formula is C16H23N3O3S. The Balaban J connectivity index is 1.61. The molecule has 2 fully saturated rings. The molecule has 126 valence electrons.